The van der Waals surface area contributed by atoms with Crippen molar-refractivity contribution in [1.82, 2.24) is 0 Å². The van der Waals surface area contributed by atoms with Gasteiger partial charge in [0.05, 0.1) is 0 Å². The van der Waals surface area contributed by atoms with Crippen molar-refractivity contribution in [1.29, 1.82) is 0 Å². The lowest BCUT2D eigenvalue weighted by Crippen LogP contribution is -2.29. The summed E-state index contributed by atoms with van der Waals surface area (Å²) >= 11 is 0. The Labute approximate surface area is 97.6 Å². The van der Waals surface area contributed by atoms with E-state index in [-0.39, 0.29) is 19.3 Å². The van der Waals surface area contributed by atoms with Gasteiger partial charge in [-0.1, -0.05) is 12.8 Å². The first-order valence-electron chi connectivity index (χ1n) is 4.92. The van der Waals surface area contributed by atoms with Gasteiger partial charge in [-0.25, -0.2) is 0 Å². The first kappa shape index (κ1) is 16.1. The molecule has 2 atom stereocenters. The summed E-state index contributed by atoms with van der Waals surface area (Å²) in [4.78, 5) is 38.4. The molecule has 6 N–H and O–H groups in total. The van der Waals surface area contributed by atoms with Crippen molar-refractivity contribution < 1.29 is 34.2 Å². The molecular weight excluding hydrogens is 253 g/mol. The van der Waals surface area contributed by atoms with Crippen molar-refractivity contribution in [2.24, 2.45) is 5.73 Å². The highest BCUT2D eigenvalue weighted by atomic mass is 31.2. The van der Waals surface area contributed by atoms with Crippen LogP contribution in [-0.2, 0) is 14.2 Å². The van der Waals surface area contributed by atoms with E-state index in [4.69, 9.17) is 25.7 Å². The molecule has 100 valence electrons. The summed E-state index contributed by atoms with van der Waals surface area (Å²) in [5, 5.41) is 17.1. The fraction of sp³-hybridized carbons (Fsp3) is 0.750. The lowest BCUT2D eigenvalue weighted by molar-refractivity contribution is -0.139. The molecule has 8 nitrogen and oxygen atoms in total. The molecule has 0 aliphatic carbocycles. The SMILES string of the molecule is N[C@H](CCCC[C@H](C(=O)O)P(=O)(O)O)C(=O)O. The molecule has 0 aromatic heterocycles. The highest BCUT2D eigenvalue weighted by Crippen LogP contribution is 2.43. The number of hydrogen-bond donors (Lipinski definition) is 5. The van der Waals surface area contributed by atoms with E-state index in [1.165, 1.54) is 0 Å². The second-order valence-electron chi connectivity index (χ2n) is 3.67. The average molecular weight is 269 g/mol. The summed E-state index contributed by atoms with van der Waals surface area (Å²) in [6, 6.07) is -1.03. The van der Waals surface area contributed by atoms with E-state index in [1.54, 1.807) is 0 Å². The normalized spacial score (nSPS) is 15.2. The monoisotopic (exact) mass is 269 g/mol. The molecule has 0 heterocycles. The van der Waals surface area contributed by atoms with Crippen molar-refractivity contribution in [2.75, 3.05) is 0 Å². The highest BCUT2D eigenvalue weighted by molar-refractivity contribution is 7.53. The zero-order valence-corrected chi connectivity index (χ0v) is 9.92. The first-order chi connectivity index (χ1) is 7.66. The quantitative estimate of drug-likeness (QED) is 0.294. The highest BCUT2D eigenvalue weighted by Gasteiger charge is 2.34. The van der Waals surface area contributed by atoms with Crippen molar-refractivity contribution in [2.45, 2.75) is 37.4 Å². The Kier molecular flexibility index (Phi) is 6.33. The van der Waals surface area contributed by atoms with E-state index in [0.717, 1.165) is 0 Å². The molecule has 17 heavy (non-hydrogen) atoms. The second-order valence-corrected chi connectivity index (χ2v) is 5.47. The molecule has 9 heteroatoms. The van der Waals surface area contributed by atoms with Gasteiger partial charge in [-0.2, -0.15) is 0 Å². The van der Waals surface area contributed by atoms with E-state index in [0.29, 0.717) is 6.42 Å². The molecule has 0 amide bonds. The minimum absolute atomic E-state index is 0.142. The summed E-state index contributed by atoms with van der Waals surface area (Å²) in [6.45, 7) is 0. The van der Waals surface area contributed by atoms with Crippen LogP contribution in [0, 0.1) is 0 Å². The van der Waals surface area contributed by atoms with Gasteiger partial charge in [-0.3, -0.25) is 14.2 Å². The van der Waals surface area contributed by atoms with Crippen molar-refractivity contribution in [3.63, 3.8) is 0 Å². The summed E-state index contributed by atoms with van der Waals surface area (Å²) < 4.78 is 10.8. The molecule has 0 spiro atoms. The van der Waals surface area contributed by atoms with Gasteiger partial charge in [0.1, 0.15) is 6.04 Å². The molecule has 0 unspecified atom stereocenters. The predicted octanol–water partition coefficient (Wildman–Crippen LogP) is -0.410. The van der Waals surface area contributed by atoms with Crippen LogP contribution in [0.4, 0.5) is 0 Å². The van der Waals surface area contributed by atoms with Crippen LogP contribution in [0.2, 0.25) is 0 Å². The van der Waals surface area contributed by atoms with Gasteiger partial charge < -0.3 is 25.7 Å². The zero-order valence-electron chi connectivity index (χ0n) is 9.02. The molecule has 0 aliphatic heterocycles. The minimum atomic E-state index is -4.66. The number of hydrogen-bond acceptors (Lipinski definition) is 4. The van der Waals surface area contributed by atoms with Gasteiger partial charge in [0.15, 0.2) is 5.66 Å². The number of nitrogens with two attached hydrogens (primary N) is 1. The molecule has 0 saturated carbocycles. The van der Waals surface area contributed by atoms with Crippen LogP contribution in [0.1, 0.15) is 25.7 Å². The third kappa shape index (κ3) is 6.38. The first-order valence-corrected chi connectivity index (χ1v) is 6.60. The van der Waals surface area contributed by atoms with Crippen molar-refractivity contribution in [3.05, 3.63) is 0 Å². The van der Waals surface area contributed by atoms with Crippen LogP contribution < -0.4 is 5.73 Å². The van der Waals surface area contributed by atoms with Crippen molar-refractivity contribution in [3.8, 4) is 0 Å². The smallest absolute Gasteiger partial charge is 0.339 e. The fourth-order valence-electron chi connectivity index (χ4n) is 1.26. The Morgan fingerprint density at radius 1 is 1.06 bits per heavy atom. The number of rotatable bonds is 8. The number of unbranched alkanes of at least 4 members (excludes halogenated alkanes) is 1. The molecule has 0 saturated heterocycles. The van der Waals surface area contributed by atoms with Crippen LogP contribution in [0.3, 0.4) is 0 Å². The van der Waals surface area contributed by atoms with Gasteiger partial charge in [-0.05, 0) is 12.8 Å². The van der Waals surface area contributed by atoms with Crippen LogP contribution in [0.5, 0.6) is 0 Å². The second kappa shape index (κ2) is 6.70. The molecular formula is C8H16NO7P. The molecule has 0 fully saturated rings. The van der Waals surface area contributed by atoms with Crippen molar-refractivity contribution >= 4 is 19.5 Å². The lowest BCUT2D eigenvalue weighted by Gasteiger charge is -2.13. The van der Waals surface area contributed by atoms with Crippen LogP contribution in [-0.4, -0.2) is 43.6 Å². The zero-order chi connectivity index (χ0) is 13.6. The van der Waals surface area contributed by atoms with Gasteiger partial charge >= 0.3 is 19.5 Å². The Morgan fingerprint density at radius 2 is 1.53 bits per heavy atom. The maximum absolute atomic E-state index is 10.8. The van der Waals surface area contributed by atoms with Crippen LogP contribution in [0.25, 0.3) is 0 Å². The maximum Gasteiger partial charge on any atom is 0.339 e. The van der Waals surface area contributed by atoms with E-state index >= 15 is 0 Å². The standard InChI is InChI=1S/C8H16NO7P/c9-5(7(10)11)3-1-2-4-6(8(12)13)17(14,15)16/h5-6H,1-4,9H2,(H,10,11)(H,12,13)(H2,14,15,16)/t5-,6-/m1/s1. The largest absolute Gasteiger partial charge is 0.481 e. The van der Waals surface area contributed by atoms with Crippen LogP contribution >= 0.6 is 7.60 Å². The van der Waals surface area contributed by atoms with E-state index in [1.807, 2.05) is 0 Å². The summed E-state index contributed by atoms with van der Waals surface area (Å²) in [5.41, 5.74) is 3.48. The number of carboxylic acid groups (broad SMARTS) is 2. The van der Waals surface area contributed by atoms with Gasteiger partial charge in [-0.15, -0.1) is 0 Å². The Bertz CT molecular complexity index is 326. The summed E-state index contributed by atoms with van der Waals surface area (Å²) in [7, 11) is -4.66. The number of carbonyl (C=O) groups is 2. The summed E-state index contributed by atoms with van der Waals surface area (Å²) in [5.74, 6) is -2.71. The van der Waals surface area contributed by atoms with Gasteiger partial charge in [0.2, 0.25) is 0 Å². The van der Waals surface area contributed by atoms with Crippen LogP contribution in [0.15, 0.2) is 0 Å². The molecule has 0 rings (SSSR count). The topological polar surface area (TPSA) is 158 Å². The maximum atomic E-state index is 10.8. The molecule has 0 radical (unpaired) electrons. The average Bonchev–Trinajstić information content (AvgIpc) is 2.13. The predicted molar refractivity (Wildman–Crippen MR) is 57.5 cm³/mol. The number of aliphatic carboxylic acids is 2. The summed E-state index contributed by atoms with van der Waals surface area (Å²) in [6.07, 6.45) is 0.440. The third-order valence-corrected chi connectivity index (χ3v) is 3.54. The Balaban J connectivity index is 4.05. The Hall–Kier alpha value is -0.950. The fourth-order valence-corrected chi connectivity index (χ4v) is 2.07. The third-order valence-electron chi connectivity index (χ3n) is 2.25. The minimum Gasteiger partial charge on any atom is -0.481 e. The lowest BCUT2D eigenvalue weighted by atomic mass is 10.1. The molecule has 0 aliphatic rings. The Morgan fingerprint density at radius 3 is 1.88 bits per heavy atom. The number of carboxylic acids is 2. The van der Waals surface area contributed by atoms with Gasteiger partial charge in [0.25, 0.3) is 0 Å². The van der Waals surface area contributed by atoms with E-state index in [2.05, 4.69) is 0 Å². The molecule has 0 aromatic rings. The molecule has 0 bridgehead atoms. The van der Waals surface area contributed by atoms with E-state index in [9.17, 15) is 14.2 Å². The van der Waals surface area contributed by atoms with Gasteiger partial charge in [0, 0.05) is 0 Å². The molecule has 0 aromatic carbocycles. The van der Waals surface area contributed by atoms with E-state index < -0.39 is 31.2 Å².